The van der Waals surface area contributed by atoms with Gasteiger partial charge in [0.2, 0.25) is 5.89 Å². The minimum Gasteiger partial charge on any atom is -0.385 e. The fourth-order valence-corrected chi connectivity index (χ4v) is 2.39. The number of anilines is 1. The van der Waals surface area contributed by atoms with Gasteiger partial charge in [-0.3, -0.25) is 0 Å². The van der Waals surface area contributed by atoms with Crippen LogP contribution in [0.15, 0.2) is 28.8 Å². The van der Waals surface area contributed by atoms with Crippen molar-refractivity contribution in [2.24, 2.45) is 0 Å². The van der Waals surface area contributed by atoms with Crippen LogP contribution >= 0.6 is 0 Å². The van der Waals surface area contributed by atoms with Gasteiger partial charge in [0.25, 0.3) is 0 Å². The van der Waals surface area contributed by atoms with E-state index in [0.717, 1.165) is 37.5 Å². The molecule has 0 saturated heterocycles. The molecule has 2 aromatic rings. The molecule has 0 radical (unpaired) electrons. The van der Waals surface area contributed by atoms with Crippen molar-refractivity contribution in [3.05, 3.63) is 41.5 Å². The number of benzene rings is 1. The Morgan fingerprint density at radius 2 is 2.32 bits per heavy atom. The number of nitrogens with one attached hydrogen (secondary N) is 1. The highest BCUT2D eigenvalue weighted by Gasteiger charge is 2.27. The maximum atomic E-state index is 5.39. The van der Waals surface area contributed by atoms with Gasteiger partial charge in [-0.2, -0.15) is 4.98 Å². The molecule has 5 heteroatoms. The maximum absolute atomic E-state index is 5.39. The number of hydrogen-bond donors (Lipinski definition) is 1. The molecule has 0 bridgehead atoms. The van der Waals surface area contributed by atoms with Gasteiger partial charge in [0.1, 0.15) is 0 Å². The summed E-state index contributed by atoms with van der Waals surface area (Å²) in [5.74, 6) is 1.63. The van der Waals surface area contributed by atoms with E-state index < -0.39 is 0 Å². The third-order valence-electron chi connectivity index (χ3n) is 3.36. The molecule has 1 atom stereocenters. The molecular weight excluding hydrogens is 242 g/mol. The second-order valence-corrected chi connectivity index (χ2v) is 4.67. The van der Waals surface area contributed by atoms with E-state index in [-0.39, 0.29) is 5.92 Å². The van der Waals surface area contributed by atoms with Gasteiger partial charge in [-0.25, -0.2) is 0 Å². The highest BCUT2D eigenvalue weighted by Crippen LogP contribution is 2.34. The maximum Gasteiger partial charge on any atom is 0.236 e. The van der Waals surface area contributed by atoms with E-state index in [4.69, 9.17) is 9.26 Å². The summed E-state index contributed by atoms with van der Waals surface area (Å²) in [5.41, 5.74) is 2.39. The summed E-state index contributed by atoms with van der Waals surface area (Å²) in [6.07, 6.45) is 1.70. The average Bonchev–Trinajstić information content (AvgIpc) is 3.05. The number of rotatable bonds is 5. The predicted octanol–water partition coefficient (Wildman–Crippen LogP) is 2.21. The Morgan fingerprint density at radius 3 is 3.21 bits per heavy atom. The second-order valence-electron chi connectivity index (χ2n) is 4.67. The number of hydrogen-bond acceptors (Lipinski definition) is 5. The first-order chi connectivity index (χ1) is 9.38. The van der Waals surface area contributed by atoms with Gasteiger partial charge >= 0.3 is 0 Å². The van der Waals surface area contributed by atoms with Crippen molar-refractivity contribution in [1.29, 1.82) is 0 Å². The largest absolute Gasteiger partial charge is 0.385 e. The van der Waals surface area contributed by atoms with Crippen LogP contribution in [-0.2, 0) is 11.2 Å². The molecule has 0 aliphatic carbocycles. The number of aryl methyl sites for hydroxylation is 1. The summed E-state index contributed by atoms with van der Waals surface area (Å²) in [6, 6.07) is 8.24. The van der Waals surface area contributed by atoms with E-state index in [1.807, 2.05) is 12.1 Å². The molecule has 3 rings (SSSR count). The van der Waals surface area contributed by atoms with Crippen LogP contribution < -0.4 is 5.32 Å². The summed E-state index contributed by atoms with van der Waals surface area (Å²) in [4.78, 5) is 4.49. The molecule has 2 heterocycles. The number of aromatic nitrogens is 2. The topological polar surface area (TPSA) is 60.2 Å². The zero-order valence-electron chi connectivity index (χ0n) is 10.9. The number of methoxy groups -OCH3 is 1. The molecule has 0 amide bonds. The van der Waals surface area contributed by atoms with Crippen LogP contribution in [0.4, 0.5) is 5.69 Å². The summed E-state index contributed by atoms with van der Waals surface area (Å²) in [5, 5.41) is 7.40. The highest BCUT2D eigenvalue weighted by molar-refractivity contribution is 5.59. The van der Waals surface area contributed by atoms with Gasteiger partial charge in [-0.15, -0.1) is 0 Å². The van der Waals surface area contributed by atoms with Crippen LogP contribution in [0.3, 0.4) is 0 Å². The van der Waals surface area contributed by atoms with Crippen LogP contribution in [0.5, 0.6) is 0 Å². The molecule has 100 valence electrons. The Hall–Kier alpha value is -1.88. The van der Waals surface area contributed by atoms with Crippen LogP contribution in [-0.4, -0.2) is 30.4 Å². The number of fused-ring (bicyclic) bond motifs is 1. The quantitative estimate of drug-likeness (QED) is 0.834. The molecule has 1 aromatic carbocycles. The Labute approximate surface area is 112 Å². The van der Waals surface area contributed by atoms with Gasteiger partial charge in [-0.1, -0.05) is 23.4 Å². The third-order valence-corrected chi connectivity index (χ3v) is 3.36. The minimum absolute atomic E-state index is 0.167. The smallest absolute Gasteiger partial charge is 0.236 e. The zero-order chi connectivity index (χ0) is 13.1. The Morgan fingerprint density at radius 1 is 1.42 bits per heavy atom. The first-order valence-corrected chi connectivity index (χ1v) is 6.52. The standard InChI is InChI=1S/C14H17N3O2/c1-18-8-4-7-13-16-14(19-17-13)11-9-15-12-6-3-2-5-10(11)12/h2-3,5-6,11,15H,4,7-9H2,1H3. The van der Waals surface area contributed by atoms with Gasteiger partial charge in [0.15, 0.2) is 5.82 Å². The molecule has 1 unspecified atom stereocenters. The second kappa shape index (κ2) is 5.40. The molecule has 19 heavy (non-hydrogen) atoms. The lowest BCUT2D eigenvalue weighted by Gasteiger charge is -2.03. The van der Waals surface area contributed by atoms with Crippen LogP contribution in [0.1, 0.15) is 29.6 Å². The first kappa shape index (κ1) is 12.2. The molecule has 0 spiro atoms. The Bertz CT molecular complexity index is 553. The lowest BCUT2D eigenvalue weighted by Crippen LogP contribution is -2.04. The highest BCUT2D eigenvalue weighted by atomic mass is 16.5. The zero-order valence-corrected chi connectivity index (χ0v) is 10.9. The van der Waals surface area contributed by atoms with Crippen molar-refractivity contribution in [3.8, 4) is 0 Å². The van der Waals surface area contributed by atoms with Crippen LogP contribution in [0.25, 0.3) is 0 Å². The van der Waals surface area contributed by atoms with Gasteiger partial charge in [-0.05, 0) is 18.1 Å². The molecule has 1 aliphatic heterocycles. The normalized spacial score (nSPS) is 17.2. The van der Waals surface area contributed by atoms with Crippen molar-refractivity contribution in [2.75, 3.05) is 25.6 Å². The summed E-state index contributed by atoms with van der Waals surface area (Å²) >= 11 is 0. The number of ether oxygens (including phenoxy) is 1. The predicted molar refractivity (Wildman–Crippen MR) is 71.3 cm³/mol. The van der Waals surface area contributed by atoms with Crippen molar-refractivity contribution < 1.29 is 9.26 Å². The molecule has 5 nitrogen and oxygen atoms in total. The molecule has 1 aliphatic rings. The fourth-order valence-electron chi connectivity index (χ4n) is 2.39. The minimum atomic E-state index is 0.167. The first-order valence-electron chi connectivity index (χ1n) is 6.52. The van der Waals surface area contributed by atoms with Crippen molar-refractivity contribution >= 4 is 5.69 Å². The Balaban J connectivity index is 1.74. The fraction of sp³-hybridized carbons (Fsp3) is 0.429. The molecule has 0 fully saturated rings. The Kier molecular flexibility index (Phi) is 3.46. The van der Waals surface area contributed by atoms with Gasteiger partial charge in [0.05, 0.1) is 5.92 Å². The molecule has 1 aromatic heterocycles. The van der Waals surface area contributed by atoms with Crippen molar-refractivity contribution in [3.63, 3.8) is 0 Å². The monoisotopic (exact) mass is 259 g/mol. The molecule has 1 N–H and O–H groups in total. The van der Waals surface area contributed by atoms with E-state index in [1.54, 1.807) is 7.11 Å². The average molecular weight is 259 g/mol. The molecular formula is C14H17N3O2. The van der Waals surface area contributed by atoms with Gasteiger partial charge in [0, 0.05) is 32.4 Å². The number of nitrogens with zero attached hydrogens (tertiary/aromatic N) is 2. The van der Waals surface area contributed by atoms with Crippen LogP contribution in [0, 0.1) is 0 Å². The van der Waals surface area contributed by atoms with E-state index in [1.165, 1.54) is 5.56 Å². The SMILES string of the molecule is COCCCc1noc(C2CNc3ccccc32)n1. The van der Waals surface area contributed by atoms with E-state index >= 15 is 0 Å². The third kappa shape index (κ3) is 2.46. The van der Waals surface area contributed by atoms with Crippen molar-refractivity contribution in [2.45, 2.75) is 18.8 Å². The van der Waals surface area contributed by atoms with E-state index in [9.17, 15) is 0 Å². The van der Waals surface area contributed by atoms with Crippen molar-refractivity contribution in [1.82, 2.24) is 10.1 Å². The molecule has 0 saturated carbocycles. The lowest BCUT2D eigenvalue weighted by molar-refractivity contribution is 0.194. The summed E-state index contributed by atoms with van der Waals surface area (Å²) < 4.78 is 10.4. The van der Waals surface area contributed by atoms with Crippen LogP contribution in [0.2, 0.25) is 0 Å². The van der Waals surface area contributed by atoms with Gasteiger partial charge < -0.3 is 14.6 Å². The van der Waals surface area contributed by atoms with E-state index in [0.29, 0.717) is 5.89 Å². The summed E-state index contributed by atoms with van der Waals surface area (Å²) in [7, 11) is 1.70. The van der Waals surface area contributed by atoms with E-state index in [2.05, 4.69) is 27.6 Å². The summed E-state index contributed by atoms with van der Waals surface area (Å²) in [6.45, 7) is 1.54. The lowest BCUT2D eigenvalue weighted by atomic mass is 10.0. The number of para-hydroxylation sites is 1.